The van der Waals surface area contributed by atoms with Crippen LogP contribution in [0.1, 0.15) is 37.3 Å². The summed E-state index contributed by atoms with van der Waals surface area (Å²) in [5, 5.41) is 35.8. The van der Waals surface area contributed by atoms with Gasteiger partial charge in [0.1, 0.15) is 5.82 Å². The van der Waals surface area contributed by atoms with Crippen LogP contribution < -0.4 is 5.32 Å². The Balaban J connectivity index is 0.000000433. The first-order chi connectivity index (χ1) is 14.9. The highest BCUT2D eigenvalue weighted by Gasteiger charge is 2.35. The molecule has 5 N–H and O–H groups in total. The van der Waals surface area contributed by atoms with Crippen molar-refractivity contribution in [3.05, 3.63) is 35.1 Å². The summed E-state index contributed by atoms with van der Waals surface area (Å²) in [4.78, 5) is 21.6. The minimum Gasteiger partial charge on any atom is -0.479 e. The van der Waals surface area contributed by atoms with Crippen LogP contribution in [0.25, 0.3) is 0 Å². The third kappa shape index (κ3) is 8.69. The molecule has 32 heavy (non-hydrogen) atoms. The Morgan fingerprint density at radius 1 is 1.19 bits per heavy atom. The average Bonchev–Trinajstić information content (AvgIpc) is 3.25. The third-order valence-corrected chi connectivity index (χ3v) is 4.91. The Morgan fingerprint density at radius 3 is 2.22 bits per heavy atom. The predicted molar refractivity (Wildman–Crippen MR) is 105 cm³/mol. The van der Waals surface area contributed by atoms with Gasteiger partial charge in [-0.1, -0.05) is 19.4 Å². The van der Waals surface area contributed by atoms with Crippen LogP contribution in [0.3, 0.4) is 0 Å². The first-order valence-corrected chi connectivity index (χ1v) is 10.0. The number of aliphatic carboxylic acids is 2. The van der Waals surface area contributed by atoms with Crippen LogP contribution in [-0.2, 0) is 22.3 Å². The van der Waals surface area contributed by atoms with Gasteiger partial charge < -0.3 is 25.7 Å². The van der Waals surface area contributed by atoms with Crippen molar-refractivity contribution in [3.8, 4) is 0 Å². The van der Waals surface area contributed by atoms with Gasteiger partial charge in [0, 0.05) is 19.1 Å². The smallest absolute Gasteiger partial charge is 0.416 e. The lowest BCUT2D eigenvalue weighted by molar-refractivity contribution is -0.165. The fourth-order valence-electron chi connectivity index (χ4n) is 3.14. The summed E-state index contributed by atoms with van der Waals surface area (Å²) < 4.78 is 52.5. The second kappa shape index (κ2) is 12.7. The molecule has 0 radical (unpaired) electrons. The van der Waals surface area contributed by atoms with Crippen LogP contribution in [0.4, 0.5) is 17.6 Å². The summed E-state index contributed by atoms with van der Waals surface area (Å²) in [5.74, 6) is -4.39. The van der Waals surface area contributed by atoms with Crippen LogP contribution >= 0.6 is 0 Å². The number of aliphatic hydroxyl groups excluding tert-OH is 2. The molecular formula is C20H28F4N2O6. The molecule has 0 aliphatic carbocycles. The summed E-state index contributed by atoms with van der Waals surface area (Å²) in [6.07, 6.45) is -6.19. The van der Waals surface area contributed by atoms with Gasteiger partial charge in [-0.05, 0) is 43.6 Å². The van der Waals surface area contributed by atoms with Gasteiger partial charge in [-0.25, -0.2) is 14.0 Å². The zero-order chi connectivity index (χ0) is 24.5. The van der Waals surface area contributed by atoms with Crippen molar-refractivity contribution in [3.63, 3.8) is 0 Å². The van der Waals surface area contributed by atoms with E-state index in [-0.39, 0.29) is 18.2 Å². The van der Waals surface area contributed by atoms with Crippen molar-refractivity contribution in [2.75, 3.05) is 19.6 Å². The Morgan fingerprint density at radius 2 is 1.78 bits per heavy atom. The fourth-order valence-corrected chi connectivity index (χ4v) is 3.14. The van der Waals surface area contributed by atoms with Gasteiger partial charge in [0.15, 0.2) is 12.2 Å². The molecule has 0 aromatic heterocycles. The van der Waals surface area contributed by atoms with Gasteiger partial charge in [-0.2, -0.15) is 13.2 Å². The number of hydrogen-bond acceptors (Lipinski definition) is 6. The standard InChI is InChI=1S/C16H22F4N2.C4H6O6/c1-2-3-8-22(14-6-7-21-10-14)11-12-4-5-13(17)9-15(12)16(18,19)20;5-1(3(7)8)2(6)4(9)10/h4-5,9,14,21H,2-3,6-8,10-11H2,1H3;1-2,5-6H,(H,7,8)(H,9,10)/t14-;1-,2-/m01/s1. The average molecular weight is 468 g/mol. The summed E-state index contributed by atoms with van der Waals surface area (Å²) in [5.41, 5.74) is -0.711. The molecule has 0 spiro atoms. The second-order valence-corrected chi connectivity index (χ2v) is 7.34. The van der Waals surface area contributed by atoms with E-state index in [1.54, 1.807) is 0 Å². The molecule has 1 saturated heterocycles. The molecule has 182 valence electrons. The van der Waals surface area contributed by atoms with Crippen LogP contribution in [0.5, 0.6) is 0 Å². The second-order valence-electron chi connectivity index (χ2n) is 7.34. The van der Waals surface area contributed by atoms with Gasteiger partial charge in [-0.15, -0.1) is 0 Å². The highest BCUT2D eigenvalue weighted by Crippen LogP contribution is 2.33. The number of rotatable bonds is 9. The van der Waals surface area contributed by atoms with Gasteiger partial charge >= 0.3 is 18.1 Å². The molecule has 1 fully saturated rings. The molecule has 8 nitrogen and oxygen atoms in total. The van der Waals surface area contributed by atoms with E-state index in [9.17, 15) is 27.2 Å². The maximum absolute atomic E-state index is 13.2. The van der Waals surface area contributed by atoms with Crippen LogP contribution in [0, 0.1) is 5.82 Å². The summed E-state index contributed by atoms with van der Waals surface area (Å²) in [6, 6.07) is 3.22. The summed E-state index contributed by atoms with van der Waals surface area (Å²) >= 11 is 0. The lowest BCUT2D eigenvalue weighted by atomic mass is 10.0. The highest BCUT2D eigenvalue weighted by molar-refractivity contribution is 5.83. The third-order valence-electron chi connectivity index (χ3n) is 4.91. The number of carboxylic acid groups (broad SMARTS) is 2. The lowest BCUT2D eigenvalue weighted by Crippen LogP contribution is -2.39. The summed E-state index contributed by atoms with van der Waals surface area (Å²) in [6.45, 7) is 4.72. The number of unbranched alkanes of at least 4 members (excludes halogenated alkanes) is 1. The van der Waals surface area contributed by atoms with Gasteiger partial charge in [0.05, 0.1) is 5.56 Å². The van der Waals surface area contributed by atoms with E-state index >= 15 is 0 Å². The van der Waals surface area contributed by atoms with Crippen LogP contribution in [0.2, 0.25) is 0 Å². The number of nitrogens with zero attached hydrogens (tertiary/aromatic N) is 1. The Bertz CT molecular complexity index is 738. The largest absolute Gasteiger partial charge is 0.479 e. The Labute approximate surface area is 182 Å². The lowest BCUT2D eigenvalue weighted by Gasteiger charge is -2.29. The van der Waals surface area contributed by atoms with E-state index in [2.05, 4.69) is 17.1 Å². The molecule has 0 unspecified atom stereocenters. The van der Waals surface area contributed by atoms with Crippen LogP contribution in [0.15, 0.2) is 18.2 Å². The van der Waals surface area contributed by atoms with E-state index in [1.165, 1.54) is 6.07 Å². The summed E-state index contributed by atoms with van der Waals surface area (Å²) in [7, 11) is 0. The molecule has 0 saturated carbocycles. The first kappa shape index (κ1) is 27.8. The topological polar surface area (TPSA) is 130 Å². The minimum absolute atomic E-state index is 0.150. The fraction of sp³-hybridized carbons (Fsp3) is 0.600. The first-order valence-electron chi connectivity index (χ1n) is 10.0. The number of benzene rings is 1. The van der Waals surface area contributed by atoms with E-state index in [4.69, 9.17) is 20.4 Å². The van der Waals surface area contributed by atoms with Crippen molar-refractivity contribution in [1.29, 1.82) is 0 Å². The molecule has 2 rings (SSSR count). The number of carbonyl (C=O) groups is 2. The van der Waals surface area contributed by atoms with Crippen molar-refractivity contribution in [1.82, 2.24) is 10.2 Å². The predicted octanol–water partition coefficient (Wildman–Crippen LogP) is 1.69. The van der Waals surface area contributed by atoms with Gasteiger partial charge in [0.2, 0.25) is 0 Å². The van der Waals surface area contributed by atoms with E-state index in [1.807, 2.05) is 0 Å². The molecule has 1 aliphatic rings. The molecule has 1 aromatic carbocycles. The Kier molecular flexibility index (Phi) is 11.0. The van der Waals surface area contributed by atoms with Crippen LogP contribution in [-0.4, -0.2) is 75.1 Å². The van der Waals surface area contributed by atoms with Crippen molar-refractivity contribution >= 4 is 11.9 Å². The molecule has 1 heterocycles. The zero-order valence-electron chi connectivity index (χ0n) is 17.5. The molecule has 1 aliphatic heterocycles. The van der Waals surface area contributed by atoms with E-state index in [0.29, 0.717) is 6.07 Å². The van der Waals surface area contributed by atoms with E-state index < -0.39 is 41.7 Å². The molecular weight excluding hydrogens is 440 g/mol. The number of hydrogen-bond donors (Lipinski definition) is 5. The van der Waals surface area contributed by atoms with Gasteiger partial charge in [0.25, 0.3) is 0 Å². The molecule has 0 amide bonds. The van der Waals surface area contributed by atoms with E-state index in [0.717, 1.165) is 45.0 Å². The molecule has 12 heteroatoms. The van der Waals surface area contributed by atoms with Crippen molar-refractivity contribution in [2.24, 2.45) is 0 Å². The SMILES string of the molecule is CCCCN(Cc1ccc(F)cc1C(F)(F)F)[C@H]1CCNC1.O=C(O)[C@H](O)[C@@H](O)C(=O)O. The highest BCUT2D eigenvalue weighted by atomic mass is 19.4. The number of alkyl halides is 3. The van der Waals surface area contributed by atoms with Crippen molar-refractivity contribution in [2.45, 2.75) is 57.2 Å². The normalized spacial score (nSPS) is 18.1. The number of nitrogens with one attached hydrogen (secondary N) is 1. The number of halogens is 4. The minimum atomic E-state index is -4.53. The monoisotopic (exact) mass is 468 g/mol. The quantitative estimate of drug-likeness (QED) is 0.346. The number of aliphatic hydroxyl groups is 2. The molecule has 3 atom stereocenters. The Hall–Kier alpha value is -2.28. The number of carboxylic acids is 2. The molecule has 1 aromatic rings. The van der Waals surface area contributed by atoms with Gasteiger partial charge in [-0.3, -0.25) is 4.90 Å². The molecule has 0 bridgehead atoms. The maximum atomic E-state index is 13.2. The zero-order valence-corrected chi connectivity index (χ0v) is 17.5. The van der Waals surface area contributed by atoms with Crippen molar-refractivity contribution < 1.29 is 47.6 Å². The maximum Gasteiger partial charge on any atom is 0.416 e.